The highest BCUT2D eigenvalue weighted by Gasteiger charge is 2.10. The molecule has 0 unspecified atom stereocenters. The second-order valence-corrected chi connectivity index (χ2v) is 5.93. The molecule has 2 rings (SSSR count). The Morgan fingerprint density at radius 1 is 1.05 bits per heavy atom. The van der Waals surface area contributed by atoms with Crippen LogP contribution in [-0.2, 0) is 0 Å². The van der Waals surface area contributed by atoms with Gasteiger partial charge in [-0.2, -0.15) is 0 Å². The van der Waals surface area contributed by atoms with Crippen molar-refractivity contribution in [3.8, 4) is 17.1 Å². The van der Waals surface area contributed by atoms with Crippen molar-refractivity contribution < 1.29 is 4.74 Å². The topological polar surface area (TPSA) is 35.0 Å². The molecule has 0 bridgehead atoms. The number of nitrogens with zero attached hydrogens (tertiary/aromatic N) is 2. The first-order chi connectivity index (χ1) is 8.97. The van der Waals surface area contributed by atoms with Crippen molar-refractivity contribution in [1.82, 2.24) is 9.97 Å². The third-order valence-electron chi connectivity index (χ3n) is 2.25. The Morgan fingerprint density at radius 2 is 1.58 bits per heavy atom. The molecule has 19 heavy (non-hydrogen) atoms. The molecule has 0 atom stereocenters. The van der Waals surface area contributed by atoms with Crippen molar-refractivity contribution in [2.45, 2.75) is 20.0 Å². The zero-order valence-electron chi connectivity index (χ0n) is 10.3. The van der Waals surface area contributed by atoms with Gasteiger partial charge in [-0.25, -0.2) is 9.97 Å². The predicted molar refractivity (Wildman–Crippen MR) is 86.0 cm³/mol. The number of aromatic nitrogens is 2. The van der Waals surface area contributed by atoms with E-state index in [1.165, 1.54) is 0 Å². The minimum atomic E-state index is 0.143. The van der Waals surface area contributed by atoms with Gasteiger partial charge in [0.25, 0.3) is 0 Å². The Balaban J connectivity index is 2.32. The molecule has 6 heteroatoms. The van der Waals surface area contributed by atoms with Crippen LogP contribution in [0.15, 0.2) is 24.3 Å². The van der Waals surface area contributed by atoms with Crippen LogP contribution in [0.5, 0.6) is 5.75 Å². The van der Waals surface area contributed by atoms with Gasteiger partial charge in [0.1, 0.15) is 16.1 Å². The van der Waals surface area contributed by atoms with Gasteiger partial charge in [0.05, 0.1) is 9.67 Å². The molecule has 0 amide bonds. The maximum atomic E-state index is 6.00. The number of hydrogen-bond donors (Lipinski definition) is 0. The predicted octanol–water partition coefficient (Wildman–Crippen LogP) is 4.84. The van der Waals surface area contributed by atoms with Gasteiger partial charge in [0.15, 0.2) is 5.82 Å². The van der Waals surface area contributed by atoms with Gasteiger partial charge in [-0.3, -0.25) is 0 Å². The highest BCUT2D eigenvalue weighted by atomic mass is 127. The molecule has 0 saturated heterocycles. The van der Waals surface area contributed by atoms with Gasteiger partial charge in [0, 0.05) is 5.56 Å². The highest BCUT2D eigenvalue weighted by Crippen LogP contribution is 2.27. The number of ether oxygens (including phenoxy) is 1. The molecule has 1 aromatic carbocycles. The molecule has 1 aromatic heterocycles. The van der Waals surface area contributed by atoms with E-state index in [2.05, 4.69) is 9.97 Å². The summed E-state index contributed by atoms with van der Waals surface area (Å²) in [5.74, 6) is 1.31. The normalized spacial score (nSPS) is 10.8. The SMILES string of the molecule is CC(C)Oc1ccc(-c2nc(Cl)c(I)c(Cl)n2)cc1. The molecule has 0 aliphatic carbocycles. The Bertz CT molecular complexity index is 565. The summed E-state index contributed by atoms with van der Waals surface area (Å²) in [6.45, 7) is 3.96. The molecule has 0 fully saturated rings. The second-order valence-electron chi connectivity index (χ2n) is 4.13. The van der Waals surface area contributed by atoms with Crippen molar-refractivity contribution in [1.29, 1.82) is 0 Å². The van der Waals surface area contributed by atoms with Crippen LogP contribution >= 0.6 is 45.8 Å². The Kier molecular flexibility index (Phi) is 4.86. The lowest BCUT2D eigenvalue weighted by Gasteiger charge is -2.10. The van der Waals surface area contributed by atoms with Crippen molar-refractivity contribution in [2.75, 3.05) is 0 Å². The maximum absolute atomic E-state index is 6.00. The number of halogens is 3. The van der Waals surface area contributed by atoms with Crippen LogP contribution in [0.3, 0.4) is 0 Å². The third kappa shape index (κ3) is 3.70. The average molecular weight is 409 g/mol. The van der Waals surface area contributed by atoms with Crippen molar-refractivity contribution in [3.63, 3.8) is 0 Å². The van der Waals surface area contributed by atoms with Crippen molar-refractivity contribution in [2.24, 2.45) is 0 Å². The summed E-state index contributed by atoms with van der Waals surface area (Å²) in [5.41, 5.74) is 0.844. The zero-order valence-corrected chi connectivity index (χ0v) is 14.0. The fraction of sp³-hybridized carbons (Fsp3) is 0.231. The van der Waals surface area contributed by atoms with Crippen LogP contribution in [0.25, 0.3) is 11.4 Å². The van der Waals surface area contributed by atoms with Gasteiger partial charge in [-0.05, 0) is 60.7 Å². The minimum absolute atomic E-state index is 0.143. The lowest BCUT2D eigenvalue weighted by Crippen LogP contribution is -2.05. The first-order valence-corrected chi connectivity index (χ1v) is 7.46. The Hall–Kier alpha value is -0.590. The van der Waals surface area contributed by atoms with Crippen LogP contribution < -0.4 is 4.74 Å². The van der Waals surface area contributed by atoms with Gasteiger partial charge in [-0.1, -0.05) is 23.2 Å². The van der Waals surface area contributed by atoms with Gasteiger partial charge < -0.3 is 4.74 Å². The van der Waals surface area contributed by atoms with E-state index >= 15 is 0 Å². The Labute approximate surface area is 135 Å². The average Bonchev–Trinajstić information content (AvgIpc) is 2.35. The van der Waals surface area contributed by atoms with E-state index in [-0.39, 0.29) is 6.10 Å². The molecule has 0 radical (unpaired) electrons. The molecule has 0 N–H and O–H groups in total. The van der Waals surface area contributed by atoms with Crippen LogP contribution in [0.4, 0.5) is 0 Å². The summed E-state index contributed by atoms with van der Waals surface area (Å²) in [4.78, 5) is 8.43. The van der Waals surface area contributed by atoms with E-state index < -0.39 is 0 Å². The first kappa shape index (κ1) is 14.8. The van der Waals surface area contributed by atoms with Gasteiger partial charge in [0.2, 0.25) is 0 Å². The lowest BCUT2D eigenvalue weighted by molar-refractivity contribution is 0.242. The minimum Gasteiger partial charge on any atom is -0.491 e. The van der Waals surface area contributed by atoms with E-state index in [9.17, 15) is 0 Å². The van der Waals surface area contributed by atoms with Crippen LogP contribution in [0.2, 0.25) is 10.3 Å². The molecule has 0 aliphatic heterocycles. The number of hydrogen-bond acceptors (Lipinski definition) is 3. The van der Waals surface area contributed by atoms with Crippen molar-refractivity contribution in [3.05, 3.63) is 38.1 Å². The molecule has 3 nitrogen and oxygen atoms in total. The smallest absolute Gasteiger partial charge is 0.162 e. The number of benzene rings is 1. The Morgan fingerprint density at radius 3 is 2.05 bits per heavy atom. The number of rotatable bonds is 3. The van der Waals surface area contributed by atoms with E-state index in [1.807, 2.05) is 60.7 Å². The van der Waals surface area contributed by atoms with Crippen LogP contribution in [0.1, 0.15) is 13.8 Å². The maximum Gasteiger partial charge on any atom is 0.162 e. The summed E-state index contributed by atoms with van der Waals surface area (Å²) in [5, 5.41) is 0.719. The summed E-state index contributed by atoms with van der Waals surface area (Å²) < 4.78 is 6.23. The van der Waals surface area contributed by atoms with E-state index in [0.29, 0.717) is 19.7 Å². The van der Waals surface area contributed by atoms with Gasteiger partial charge in [-0.15, -0.1) is 0 Å². The van der Waals surface area contributed by atoms with Gasteiger partial charge >= 0.3 is 0 Å². The standard InChI is InChI=1S/C13H11Cl2IN2O/c1-7(2)19-9-5-3-8(4-6-9)13-17-11(14)10(16)12(15)18-13/h3-7H,1-2H3. The molecule has 100 valence electrons. The fourth-order valence-corrected chi connectivity index (χ4v) is 2.11. The molecule has 2 aromatic rings. The molecular formula is C13H11Cl2IN2O. The molecule has 0 spiro atoms. The molecule has 1 heterocycles. The zero-order chi connectivity index (χ0) is 14.0. The van der Waals surface area contributed by atoms with E-state index in [4.69, 9.17) is 27.9 Å². The van der Waals surface area contributed by atoms with E-state index in [1.54, 1.807) is 0 Å². The highest BCUT2D eigenvalue weighted by molar-refractivity contribution is 14.1. The summed E-state index contributed by atoms with van der Waals surface area (Å²) >= 11 is 14.0. The third-order valence-corrected chi connectivity index (χ3v) is 4.46. The summed E-state index contributed by atoms with van der Waals surface area (Å²) in [6.07, 6.45) is 0.143. The van der Waals surface area contributed by atoms with Crippen LogP contribution in [0, 0.1) is 3.57 Å². The fourth-order valence-electron chi connectivity index (χ4n) is 1.48. The van der Waals surface area contributed by atoms with Crippen LogP contribution in [-0.4, -0.2) is 16.1 Å². The van der Waals surface area contributed by atoms with Crippen molar-refractivity contribution >= 4 is 45.8 Å². The summed E-state index contributed by atoms with van der Waals surface area (Å²) in [6, 6.07) is 7.51. The monoisotopic (exact) mass is 408 g/mol. The quantitative estimate of drug-likeness (QED) is 0.538. The molecular weight excluding hydrogens is 398 g/mol. The molecule has 0 saturated carbocycles. The van der Waals surface area contributed by atoms with E-state index in [0.717, 1.165) is 11.3 Å². The second kappa shape index (κ2) is 6.24. The lowest BCUT2D eigenvalue weighted by atomic mass is 10.2. The largest absolute Gasteiger partial charge is 0.491 e. The summed E-state index contributed by atoms with van der Waals surface area (Å²) in [7, 11) is 0. The first-order valence-electron chi connectivity index (χ1n) is 5.63. The molecule has 0 aliphatic rings.